The Morgan fingerprint density at radius 1 is 1.14 bits per heavy atom. The van der Waals surface area contributed by atoms with Gasteiger partial charge in [-0.1, -0.05) is 23.2 Å². The minimum atomic E-state index is -0.357. The van der Waals surface area contributed by atoms with Crippen molar-refractivity contribution in [2.75, 3.05) is 5.32 Å². The molecule has 0 saturated heterocycles. The minimum absolute atomic E-state index is 0.272. The van der Waals surface area contributed by atoms with Crippen molar-refractivity contribution in [1.82, 2.24) is 24.7 Å². The summed E-state index contributed by atoms with van der Waals surface area (Å²) < 4.78 is 1.71. The average Bonchev–Trinajstić information content (AvgIpc) is 3.01. The van der Waals surface area contributed by atoms with Crippen molar-refractivity contribution in [2.24, 2.45) is 0 Å². The van der Waals surface area contributed by atoms with E-state index in [1.807, 2.05) is 6.92 Å². The van der Waals surface area contributed by atoms with Crippen LogP contribution in [-0.4, -0.2) is 30.6 Å². The summed E-state index contributed by atoms with van der Waals surface area (Å²) in [5, 5.41) is 8.83. The van der Waals surface area contributed by atoms with E-state index in [9.17, 15) is 4.79 Å². The van der Waals surface area contributed by atoms with Crippen LogP contribution < -0.4 is 5.32 Å². The van der Waals surface area contributed by atoms with Crippen molar-refractivity contribution in [3.8, 4) is 0 Å². The predicted octanol–water partition coefficient (Wildman–Crippen LogP) is 4.14. The highest BCUT2D eigenvalue weighted by molar-refractivity contribution is 6.39. The Balaban J connectivity index is 1.68. The Kier molecular flexibility index (Phi) is 4.93. The fourth-order valence-electron chi connectivity index (χ4n) is 2.84. The zero-order valence-corrected chi connectivity index (χ0v) is 16.2. The van der Waals surface area contributed by atoms with Crippen LogP contribution in [0.25, 0.3) is 11.0 Å². The molecule has 28 heavy (non-hydrogen) atoms. The van der Waals surface area contributed by atoms with Crippen molar-refractivity contribution in [3.63, 3.8) is 0 Å². The molecule has 3 heterocycles. The van der Waals surface area contributed by atoms with E-state index in [0.717, 1.165) is 5.69 Å². The fraction of sp³-hybridized carbons (Fsp3) is 0.105. The summed E-state index contributed by atoms with van der Waals surface area (Å²) in [6.07, 6.45) is 4.60. The largest absolute Gasteiger partial charge is 0.322 e. The first-order chi connectivity index (χ1) is 13.5. The second-order valence-corrected chi connectivity index (χ2v) is 6.90. The van der Waals surface area contributed by atoms with Gasteiger partial charge in [-0.3, -0.25) is 4.79 Å². The molecule has 7 nitrogen and oxygen atoms in total. The second kappa shape index (κ2) is 7.53. The zero-order valence-electron chi connectivity index (χ0n) is 14.7. The van der Waals surface area contributed by atoms with Crippen molar-refractivity contribution in [1.29, 1.82) is 0 Å². The fourth-order valence-corrected chi connectivity index (χ4v) is 3.32. The van der Waals surface area contributed by atoms with Crippen LogP contribution in [0.5, 0.6) is 0 Å². The first-order valence-electron chi connectivity index (χ1n) is 8.36. The van der Waals surface area contributed by atoms with Gasteiger partial charge < -0.3 is 5.32 Å². The van der Waals surface area contributed by atoms with Crippen LogP contribution in [0.4, 0.5) is 5.69 Å². The van der Waals surface area contributed by atoms with Gasteiger partial charge in [0.2, 0.25) is 0 Å². The summed E-state index contributed by atoms with van der Waals surface area (Å²) in [7, 11) is 0. The van der Waals surface area contributed by atoms with Crippen LogP contribution in [0.15, 0.2) is 49.1 Å². The van der Waals surface area contributed by atoms with Gasteiger partial charge in [0, 0.05) is 23.1 Å². The number of hydrogen-bond donors (Lipinski definition) is 1. The molecule has 3 aromatic heterocycles. The summed E-state index contributed by atoms with van der Waals surface area (Å²) >= 11 is 12.4. The molecule has 0 saturated carbocycles. The lowest BCUT2D eigenvalue weighted by Gasteiger charge is -2.08. The summed E-state index contributed by atoms with van der Waals surface area (Å²) in [5.41, 5.74) is 2.95. The molecule has 1 amide bonds. The summed E-state index contributed by atoms with van der Waals surface area (Å²) in [6.45, 7) is 2.25. The molecule has 0 aliphatic rings. The van der Waals surface area contributed by atoms with E-state index in [1.165, 1.54) is 12.5 Å². The Labute approximate surface area is 170 Å². The van der Waals surface area contributed by atoms with E-state index in [2.05, 4.69) is 25.4 Å². The van der Waals surface area contributed by atoms with E-state index in [1.54, 1.807) is 41.2 Å². The van der Waals surface area contributed by atoms with Gasteiger partial charge in [0.25, 0.3) is 5.91 Å². The molecule has 1 aromatic carbocycles. The van der Waals surface area contributed by atoms with E-state index < -0.39 is 0 Å². The molecule has 1 N–H and O–H groups in total. The van der Waals surface area contributed by atoms with E-state index in [0.29, 0.717) is 39.0 Å². The molecule has 0 atom stereocenters. The number of halogens is 2. The van der Waals surface area contributed by atoms with Gasteiger partial charge in [-0.2, -0.15) is 5.10 Å². The number of anilines is 1. The van der Waals surface area contributed by atoms with Gasteiger partial charge in [0.1, 0.15) is 6.33 Å². The molecule has 0 bridgehead atoms. The molecule has 0 aliphatic carbocycles. The molecular formula is C19H14Cl2N6O. The second-order valence-electron chi connectivity index (χ2n) is 6.09. The Morgan fingerprint density at radius 3 is 2.64 bits per heavy atom. The number of fused-ring (bicyclic) bond motifs is 1. The third-order valence-electron chi connectivity index (χ3n) is 4.17. The number of aryl methyl sites for hydroxylation is 1. The number of nitrogens with one attached hydrogen (secondary N) is 1. The molecule has 0 aliphatic heterocycles. The standard InChI is InChI=1S/C19H14Cl2N6O/c1-11-16-17(21)15(19(28)25-13-4-2-12(20)3-5-13)8-23-18(16)27(26-11)9-14-6-7-22-10-24-14/h2-8,10H,9H2,1H3,(H,25,28). The summed E-state index contributed by atoms with van der Waals surface area (Å²) in [6, 6.07) is 8.62. The zero-order chi connectivity index (χ0) is 19.7. The normalized spacial score (nSPS) is 11.0. The van der Waals surface area contributed by atoms with E-state index in [-0.39, 0.29) is 11.5 Å². The Bertz CT molecular complexity index is 1160. The number of carbonyl (C=O) groups excluding carboxylic acids is 1. The minimum Gasteiger partial charge on any atom is -0.322 e. The average molecular weight is 413 g/mol. The first-order valence-corrected chi connectivity index (χ1v) is 9.12. The highest BCUT2D eigenvalue weighted by Gasteiger charge is 2.19. The molecule has 9 heteroatoms. The highest BCUT2D eigenvalue weighted by Crippen LogP contribution is 2.29. The quantitative estimate of drug-likeness (QED) is 0.544. The third kappa shape index (κ3) is 3.54. The number of nitrogens with zero attached hydrogens (tertiary/aromatic N) is 5. The van der Waals surface area contributed by atoms with Crippen molar-refractivity contribution < 1.29 is 4.79 Å². The van der Waals surface area contributed by atoms with Gasteiger partial charge in [-0.15, -0.1) is 0 Å². The van der Waals surface area contributed by atoms with Crippen LogP contribution in [-0.2, 0) is 6.54 Å². The number of pyridine rings is 1. The lowest BCUT2D eigenvalue weighted by atomic mass is 10.2. The predicted molar refractivity (Wildman–Crippen MR) is 108 cm³/mol. The van der Waals surface area contributed by atoms with Gasteiger partial charge in [0.15, 0.2) is 5.65 Å². The van der Waals surface area contributed by atoms with Crippen molar-refractivity contribution >= 4 is 45.8 Å². The SMILES string of the molecule is Cc1nn(Cc2ccncn2)c2ncc(C(=O)Nc3ccc(Cl)cc3)c(Cl)c12. The number of hydrogen-bond acceptors (Lipinski definition) is 5. The van der Waals surface area contributed by atoms with Crippen LogP contribution in [0.2, 0.25) is 10.0 Å². The Morgan fingerprint density at radius 2 is 1.93 bits per heavy atom. The summed E-state index contributed by atoms with van der Waals surface area (Å²) in [4.78, 5) is 25.2. The van der Waals surface area contributed by atoms with Crippen LogP contribution in [0.1, 0.15) is 21.7 Å². The smallest absolute Gasteiger partial charge is 0.258 e. The Hall–Kier alpha value is -3.03. The maximum absolute atomic E-state index is 12.7. The highest BCUT2D eigenvalue weighted by atomic mass is 35.5. The maximum Gasteiger partial charge on any atom is 0.258 e. The number of benzene rings is 1. The lowest BCUT2D eigenvalue weighted by Crippen LogP contribution is -2.13. The molecule has 0 radical (unpaired) electrons. The molecular weight excluding hydrogens is 399 g/mol. The van der Waals surface area contributed by atoms with E-state index in [4.69, 9.17) is 23.2 Å². The van der Waals surface area contributed by atoms with Crippen molar-refractivity contribution in [3.05, 3.63) is 76.0 Å². The number of rotatable bonds is 4. The van der Waals surface area contributed by atoms with Gasteiger partial charge in [0.05, 0.1) is 33.9 Å². The number of amides is 1. The molecule has 0 unspecified atom stereocenters. The maximum atomic E-state index is 12.7. The molecule has 0 fully saturated rings. The van der Waals surface area contributed by atoms with Gasteiger partial charge in [-0.25, -0.2) is 19.6 Å². The summed E-state index contributed by atoms with van der Waals surface area (Å²) in [5.74, 6) is -0.357. The monoisotopic (exact) mass is 412 g/mol. The van der Waals surface area contributed by atoms with Crippen LogP contribution in [0.3, 0.4) is 0 Å². The van der Waals surface area contributed by atoms with Gasteiger partial charge >= 0.3 is 0 Å². The first kappa shape index (κ1) is 18.3. The lowest BCUT2D eigenvalue weighted by molar-refractivity contribution is 0.102. The molecule has 4 aromatic rings. The van der Waals surface area contributed by atoms with Gasteiger partial charge in [-0.05, 0) is 37.3 Å². The van der Waals surface area contributed by atoms with Crippen LogP contribution in [0, 0.1) is 6.92 Å². The van der Waals surface area contributed by atoms with Crippen LogP contribution >= 0.6 is 23.2 Å². The molecule has 140 valence electrons. The molecule has 4 rings (SSSR count). The van der Waals surface area contributed by atoms with Crippen molar-refractivity contribution in [2.45, 2.75) is 13.5 Å². The molecule has 0 spiro atoms. The number of carbonyl (C=O) groups is 1. The topological polar surface area (TPSA) is 85.6 Å². The van der Waals surface area contributed by atoms with E-state index >= 15 is 0 Å². The number of aromatic nitrogens is 5. The third-order valence-corrected chi connectivity index (χ3v) is 4.82.